The maximum atomic E-state index is 6.74. The molecule has 2 aliphatic rings. The Labute approximate surface area is 219 Å². The molecule has 4 aromatic rings. The van der Waals surface area contributed by atoms with E-state index >= 15 is 0 Å². The first-order valence-electron chi connectivity index (χ1n) is 12.1. The van der Waals surface area contributed by atoms with Crippen molar-refractivity contribution in [2.45, 2.75) is 41.8 Å². The van der Waals surface area contributed by atoms with Crippen LogP contribution in [0, 0.1) is 5.41 Å². The first-order chi connectivity index (χ1) is 17.4. The number of benzene rings is 1. The fourth-order valence-corrected chi connectivity index (χ4v) is 6.38. The second kappa shape index (κ2) is 9.30. The highest BCUT2D eigenvalue weighted by atomic mass is 35.5. The van der Waals surface area contributed by atoms with Gasteiger partial charge in [0.25, 0.3) is 0 Å². The van der Waals surface area contributed by atoms with Crippen LogP contribution >= 0.6 is 23.4 Å². The Morgan fingerprint density at radius 2 is 1.97 bits per heavy atom. The van der Waals surface area contributed by atoms with Crippen molar-refractivity contribution in [1.29, 1.82) is 0 Å². The highest BCUT2D eigenvalue weighted by Gasteiger charge is 2.47. The molecule has 0 aliphatic carbocycles. The summed E-state index contributed by atoms with van der Waals surface area (Å²) in [5, 5.41) is 5.95. The van der Waals surface area contributed by atoms with Crippen LogP contribution in [0.5, 0.6) is 0 Å². The summed E-state index contributed by atoms with van der Waals surface area (Å²) in [6, 6.07) is 12.0. The Bertz CT molecular complexity index is 1420. The Morgan fingerprint density at radius 1 is 1.14 bits per heavy atom. The summed E-state index contributed by atoms with van der Waals surface area (Å²) in [6.45, 7) is 4.63. The molecule has 10 heteroatoms. The molecule has 5 heterocycles. The van der Waals surface area contributed by atoms with Crippen LogP contribution in [-0.4, -0.2) is 56.6 Å². The van der Waals surface area contributed by atoms with Gasteiger partial charge in [0.2, 0.25) is 0 Å². The van der Waals surface area contributed by atoms with Crippen LogP contribution in [0.2, 0.25) is 5.02 Å². The molecule has 2 N–H and O–H groups in total. The van der Waals surface area contributed by atoms with Crippen molar-refractivity contribution in [1.82, 2.24) is 24.7 Å². The van der Waals surface area contributed by atoms with Crippen molar-refractivity contribution in [2.75, 3.05) is 24.6 Å². The minimum absolute atomic E-state index is 0.0863. The number of halogens is 1. The third-order valence-corrected chi connectivity index (χ3v) is 8.98. The summed E-state index contributed by atoms with van der Waals surface area (Å²) < 4.78 is 7.62. The lowest BCUT2D eigenvalue weighted by molar-refractivity contribution is 0.0974. The Kier molecular flexibility index (Phi) is 6.11. The number of nitrogens with zero attached hydrogens (tertiary/aromatic N) is 6. The Hall–Kier alpha value is -2.72. The fourth-order valence-electron chi connectivity index (χ4n) is 5.20. The number of ether oxygens (including phenoxy) is 1. The zero-order chi connectivity index (χ0) is 24.9. The molecule has 3 aromatic heterocycles. The first-order valence-corrected chi connectivity index (χ1v) is 13.3. The summed E-state index contributed by atoms with van der Waals surface area (Å²) >= 11 is 8.25. The number of aromatic nitrogens is 5. The maximum absolute atomic E-state index is 6.74. The molecule has 0 amide bonds. The van der Waals surface area contributed by atoms with Gasteiger partial charge in [-0.15, -0.1) is 0 Å². The molecule has 2 aliphatic heterocycles. The number of piperidine rings is 1. The van der Waals surface area contributed by atoms with Crippen LogP contribution in [0.3, 0.4) is 0 Å². The molecule has 186 valence electrons. The van der Waals surface area contributed by atoms with Gasteiger partial charge in [-0.25, -0.2) is 15.0 Å². The first kappa shape index (κ1) is 23.7. The zero-order valence-electron chi connectivity index (χ0n) is 20.3. The normalized spacial score (nSPS) is 21.5. The molecule has 2 fully saturated rings. The van der Waals surface area contributed by atoms with Crippen LogP contribution in [0.15, 0.2) is 58.7 Å². The minimum Gasteiger partial charge on any atom is -0.376 e. The lowest BCUT2D eigenvalue weighted by Crippen LogP contribution is -2.50. The maximum Gasteiger partial charge on any atom is 0.179 e. The number of rotatable bonds is 4. The van der Waals surface area contributed by atoms with Gasteiger partial charge in [-0.2, -0.15) is 5.10 Å². The smallest absolute Gasteiger partial charge is 0.179 e. The molecular weight excluding hydrogens is 494 g/mol. The van der Waals surface area contributed by atoms with Crippen LogP contribution in [0.1, 0.15) is 19.8 Å². The van der Waals surface area contributed by atoms with E-state index in [1.807, 2.05) is 55.8 Å². The van der Waals surface area contributed by atoms with Gasteiger partial charge in [-0.1, -0.05) is 35.5 Å². The summed E-state index contributed by atoms with van der Waals surface area (Å²) in [7, 11) is 1.89. The van der Waals surface area contributed by atoms with E-state index in [1.54, 1.807) is 4.68 Å². The van der Waals surface area contributed by atoms with E-state index in [0.717, 1.165) is 65.1 Å². The molecule has 6 rings (SSSR count). The fraction of sp³-hybridized carbons (Fsp3) is 0.385. The van der Waals surface area contributed by atoms with Crippen molar-refractivity contribution >= 4 is 40.3 Å². The van der Waals surface area contributed by atoms with Gasteiger partial charge in [0.1, 0.15) is 16.4 Å². The van der Waals surface area contributed by atoms with Gasteiger partial charge < -0.3 is 15.4 Å². The van der Waals surface area contributed by atoms with Crippen LogP contribution < -0.4 is 10.6 Å². The average Bonchev–Trinajstić information content (AvgIpc) is 3.44. The van der Waals surface area contributed by atoms with Gasteiger partial charge in [0.15, 0.2) is 5.65 Å². The average molecular weight is 522 g/mol. The number of nitrogens with two attached hydrogens (primary N) is 1. The number of pyridine rings is 1. The molecule has 2 saturated heterocycles. The Balaban J connectivity index is 1.19. The molecular formula is C26H28ClN7OS. The molecule has 2 atom stereocenters. The van der Waals surface area contributed by atoms with E-state index in [2.05, 4.69) is 21.9 Å². The number of hydrogen-bond acceptors (Lipinski definition) is 8. The van der Waals surface area contributed by atoms with Crippen molar-refractivity contribution in [3.05, 3.63) is 53.8 Å². The summed E-state index contributed by atoms with van der Waals surface area (Å²) in [6.07, 6.45) is 5.87. The monoisotopic (exact) mass is 521 g/mol. The van der Waals surface area contributed by atoms with E-state index in [-0.39, 0.29) is 17.6 Å². The third kappa shape index (κ3) is 4.24. The quantitative estimate of drug-likeness (QED) is 0.417. The van der Waals surface area contributed by atoms with Crippen LogP contribution in [0.4, 0.5) is 5.82 Å². The minimum atomic E-state index is 0.0863. The number of aryl methyl sites for hydroxylation is 1. The molecule has 1 spiro atoms. The molecule has 0 radical (unpaired) electrons. The van der Waals surface area contributed by atoms with Gasteiger partial charge >= 0.3 is 0 Å². The molecule has 0 bridgehead atoms. The predicted octanol–water partition coefficient (Wildman–Crippen LogP) is 4.56. The molecule has 0 unspecified atom stereocenters. The largest absolute Gasteiger partial charge is 0.376 e. The van der Waals surface area contributed by atoms with E-state index in [1.165, 1.54) is 11.8 Å². The summed E-state index contributed by atoms with van der Waals surface area (Å²) in [5.74, 6) is 0.881. The van der Waals surface area contributed by atoms with Crippen molar-refractivity contribution < 1.29 is 4.74 Å². The highest BCUT2D eigenvalue weighted by Crippen LogP contribution is 2.42. The SMILES string of the molecule is C[C@@H]1OCC2(CCN(c3cnc4nc(Sc5cccc(-c6ccn(C)n6)c5Cl)ccc4n3)CC2)[C@@H]1N. The molecule has 8 nitrogen and oxygen atoms in total. The third-order valence-electron chi connectivity index (χ3n) is 7.46. The van der Waals surface area contributed by atoms with Crippen LogP contribution in [-0.2, 0) is 11.8 Å². The van der Waals surface area contributed by atoms with Crippen molar-refractivity contribution in [3.63, 3.8) is 0 Å². The second-order valence-corrected chi connectivity index (χ2v) is 11.1. The highest BCUT2D eigenvalue weighted by molar-refractivity contribution is 7.99. The van der Waals surface area contributed by atoms with Crippen molar-refractivity contribution in [3.8, 4) is 11.3 Å². The molecule has 36 heavy (non-hydrogen) atoms. The van der Waals surface area contributed by atoms with Gasteiger partial charge in [0.05, 0.1) is 29.6 Å². The zero-order valence-corrected chi connectivity index (χ0v) is 21.8. The van der Waals surface area contributed by atoms with Crippen molar-refractivity contribution in [2.24, 2.45) is 18.2 Å². The predicted molar refractivity (Wildman–Crippen MR) is 142 cm³/mol. The lowest BCUT2D eigenvalue weighted by atomic mass is 9.73. The van der Waals surface area contributed by atoms with E-state index in [0.29, 0.717) is 10.7 Å². The number of anilines is 1. The number of fused-ring (bicyclic) bond motifs is 1. The molecule has 0 saturated carbocycles. The van der Waals surface area contributed by atoms with E-state index in [4.69, 9.17) is 32.0 Å². The summed E-state index contributed by atoms with van der Waals surface area (Å²) in [5.41, 5.74) is 9.70. The van der Waals surface area contributed by atoms with E-state index in [9.17, 15) is 0 Å². The van der Waals surface area contributed by atoms with Gasteiger partial charge in [-0.05, 0) is 44.0 Å². The lowest BCUT2D eigenvalue weighted by Gasteiger charge is -2.41. The number of hydrogen-bond donors (Lipinski definition) is 1. The summed E-state index contributed by atoms with van der Waals surface area (Å²) in [4.78, 5) is 17.5. The Morgan fingerprint density at radius 3 is 2.69 bits per heavy atom. The standard InChI is InChI=1S/C26H28ClN7OS/c1-16-24(28)26(15-35-16)9-12-34(13-10-26)21-14-29-25-19(30-21)6-7-22(31-25)36-20-5-3-4-17(23(20)27)18-8-11-33(2)32-18/h3-8,11,14,16,24H,9-10,12-13,15,28H2,1-2H3/t16-,24+/m0/s1. The van der Waals surface area contributed by atoms with Gasteiger partial charge in [-0.3, -0.25) is 4.68 Å². The van der Waals surface area contributed by atoms with Gasteiger partial charge in [0, 0.05) is 48.2 Å². The van der Waals surface area contributed by atoms with E-state index < -0.39 is 0 Å². The van der Waals surface area contributed by atoms with Crippen LogP contribution in [0.25, 0.3) is 22.4 Å². The second-order valence-electron chi connectivity index (χ2n) is 9.71. The topological polar surface area (TPSA) is 95.0 Å². The molecule has 1 aromatic carbocycles.